The topological polar surface area (TPSA) is 130 Å². The van der Waals surface area contributed by atoms with Crippen LogP contribution in [-0.2, 0) is 17.9 Å². The third-order valence-electron chi connectivity index (χ3n) is 3.96. The number of nitrogens with two attached hydrogens (primary N) is 3. The number of benzene rings is 1. The minimum absolute atomic E-state index is 0.101. The predicted octanol–water partition coefficient (Wildman–Crippen LogP) is 1.37. The fourth-order valence-corrected chi connectivity index (χ4v) is 2.89. The third-order valence-corrected chi connectivity index (χ3v) is 3.96. The highest BCUT2D eigenvalue weighted by Gasteiger charge is 2.17. The van der Waals surface area contributed by atoms with Gasteiger partial charge in [0.1, 0.15) is 17.9 Å². The van der Waals surface area contributed by atoms with E-state index in [1.807, 2.05) is 31.2 Å². The second kappa shape index (κ2) is 7.35. The van der Waals surface area contributed by atoms with Crippen molar-refractivity contribution in [2.45, 2.75) is 26.5 Å². The number of ether oxygens (including phenoxy) is 1. The molecule has 3 rings (SSSR count). The van der Waals surface area contributed by atoms with Gasteiger partial charge in [-0.2, -0.15) is 0 Å². The summed E-state index contributed by atoms with van der Waals surface area (Å²) in [5, 5.41) is 1.02. The lowest BCUT2D eigenvalue weighted by atomic mass is 10.2. The van der Waals surface area contributed by atoms with Gasteiger partial charge in [-0.15, -0.1) is 0 Å². The molecule has 0 atom stereocenters. The standard InChI is InChI=1S/C17H23N7O/c1-2-25-10-13-23-14-15(24(13)9-5-8-21-17(19)20)11-6-3-4-7-12(11)22-16(14)18/h3-4,6-7H,2,5,8-10H2,1H3,(H2,18,22)(H4,19,20,21). The number of imidazole rings is 1. The molecule has 25 heavy (non-hydrogen) atoms. The lowest BCUT2D eigenvalue weighted by Gasteiger charge is -2.10. The fourth-order valence-electron chi connectivity index (χ4n) is 2.89. The van der Waals surface area contributed by atoms with Crippen LogP contribution in [-0.4, -0.2) is 33.6 Å². The number of para-hydroxylation sites is 1. The number of hydrogen-bond donors (Lipinski definition) is 3. The van der Waals surface area contributed by atoms with Crippen LogP contribution >= 0.6 is 0 Å². The molecule has 0 amide bonds. The van der Waals surface area contributed by atoms with Crippen LogP contribution in [0.15, 0.2) is 29.3 Å². The molecule has 0 aliphatic carbocycles. The van der Waals surface area contributed by atoms with Crippen LogP contribution in [0.2, 0.25) is 0 Å². The Labute approximate surface area is 145 Å². The van der Waals surface area contributed by atoms with Crippen LogP contribution in [0.4, 0.5) is 5.82 Å². The van der Waals surface area contributed by atoms with E-state index < -0.39 is 0 Å². The Balaban J connectivity index is 2.10. The average molecular weight is 341 g/mol. The van der Waals surface area contributed by atoms with Gasteiger partial charge in [0.2, 0.25) is 0 Å². The van der Waals surface area contributed by atoms with Gasteiger partial charge in [-0.3, -0.25) is 4.99 Å². The largest absolute Gasteiger partial charge is 0.382 e. The van der Waals surface area contributed by atoms with E-state index >= 15 is 0 Å². The Morgan fingerprint density at radius 3 is 2.80 bits per heavy atom. The first-order valence-electron chi connectivity index (χ1n) is 8.28. The second-order valence-electron chi connectivity index (χ2n) is 5.69. The average Bonchev–Trinajstić information content (AvgIpc) is 2.96. The van der Waals surface area contributed by atoms with Crippen molar-refractivity contribution in [2.75, 3.05) is 18.9 Å². The molecule has 8 nitrogen and oxygen atoms in total. The summed E-state index contributed by atoms with van der Waals surface area (Å²) in [5.74, 6) is 1.35. The molecule has 0 unspecified atom stereocenters. The molecule has 0 bridgehead atoms. The zero-order chi connectivity index (χ0) is 17.8. The number of hydrogen-bond acceptors (Lipinski definition) is 5. The molecule has 0 spiro atoms. The van der Waals surface area contributed by atoms with Gasteiger partial charge in [0.25, 0.3) is 0 Å². The van der Waals surface area contributed by atoms with E-state index in [9.17, 15) is 0 Å². The van der Waals surface area contributed by atoms with Crippen molar-refractivity contribution in [1.82, 2.24) is 14.5 Å². The Hall–Kier alpha value is -2.87. The van der Waals surface area contributed by atoms with Crippen molar-refractivity contribution < 1.29 is 4.74 Å². The number of nitrogens with zero attached hydrogens (tertiary/aromatic N) is 4. The van der Waals surface area contributed by atoms with Gasteiger partial charge in [-0.25, -0.2) is 9.97 Å². The first kappa shape index (κ1) is 17.0. The number of nitrogen functional groups attached to an aromatic ring is 1. The van der Waals surface area contributed by atoms with E-state index in [1.54, 1.807) is 0 Å². The number of aryl methyl sites for hydroxylation is 1. The zero-order valence-corrected chi connectivity index (χ0v) is 14.3. The van der Waals surface area contributed by atoms with Gasteiger partial charge in [-0.05, 0) is 19.4 Å². The molecule has 0 fully saturated rings. The quantitative estimate of drug-likeness (QED) is 0.338. The van der Waals surface area contributed by atoms with Crippen molar-refractivity contribution in [2.24, 2.45) is 16.5 Å². The van der Waals surface area contributed by atoms with Crippen molar-refractivity contribution in [3.8, 4) is 0 Å². The molecule has 8 heteroatoms. The van der Waals surface area contributed by atoms with E-state index in [4.69, 9.17) is 21.9 Å². The van der Waals surface area contributed by atoms with Gasteiger partial charge >= 0.3 is 0 Å². The summed E-state index contributed by atoms with van der Waals surface area (Å²) in [6.07, 6.45) is 0.777. The van der Waals surface area contributed by atoms with Crippen LogP contribution < -0.4 is 17.2 Å². The maximum absolute atomic E-state index is 6.15. The molecule has 0 radical (unpaired) electrons. The number of rotatable bonds is 7. The van der Waals surface area contributed by atoms with Crippen molar-refractivity contribution >= 4 is 33.7 Å². The molecule has 0 saturated heterocycles. The van der Waals surface area contributed by atoms with Crippen LogP contribution in [0.25, 0.3) is 21.9 Å². The van der Waals surface area contributed by atoms with E-state index in [0.717, 1.165) is 28.7 Å². The monoisotopic (exact) mass is 341 g/mol. The molecule has 0 aliphatic rings. The summed E-state index contributed by atoms with van der Waals surface area (Å²) in [7, 11) is 0. The summed E-state index contributed by atoms with van der Waals surface area (Å²) in [5.41, 5.74) is 19.5. The van der Waals surface area contributed by atoms with Crippen LogP contribution in [0.3, 0.4) is 0 Å². The van der Waals surface area contributed by atoms with E-state index in [1.165, 1.54) is 0 Å². The highest BCUT2D eigenvalue weighted by Crippen LogP contribution is 2.29. The predicted molar refractivity (Wildman–Crippen MR) is 100 cm³/mol. The Morgan fingerprint density at radius 2 is 2.04 bits per heavy atom. The highest BCUT2D eigenvalue weighted by atomic mass is 16.5. The highest BCUT2D eigenvalue weighted by molar-refractivity contribution is 6.06. The summed E-state index contributed by atoms with van der Waals surface area (Å²) in [4.78, 5) is 13.2. The lowest BCUT2D eigenvalue weighted by Crippen LogP contribution is -2.23. The van der Waals surface area contributed by atoms with Crippen LogP contribution in [0.5, 0.6) is 0 Å². The summed E-state index contributed by atoms with van der Waals surface area (Å²) in [6, 6.07) is 7.91. The van der Waals surface area contributed by atoms with Gasteiger partial charge in [0.15, 0.2) is 11.8 Å². The summed E-state index contributed by atoms with van der Waals surface area (Å²) < 4.78 is 7.71. The maximum atomic E-state index is 6.15. The zero-order valence-electron chi connectivity index (χ0n) is 14.3. The van der Waals surface area contributed by atoms with Crippen molar-refractivity contribution in [3.63, 3.8) is 0 Å². The Morgan fingerprint density at radius 1 is 1.24 bits per heavy atom. The molecule has 6 N–H and O–H groups in total. The number of fused-ring (bicyclic) bond motifs is 3. The van der Waals surface area contributed by atoms with E-state index in [-0.39, 0.29) is 5.96 Å². The third kappa shape index (κ3) is 3.48. The molecule has 0 saturated carbocycles. The molecule has 2 heterocycles. The summed E-state index contributed by atoms with van der Waals surface area (Å²) >= 11 is 0. The smallest absolute Gasteiger partial charge is 0.185 e. The summed E-state index contributed by atoms with van der Waals surface area (Å²) in [6.45, 7) is 4.25. The van der Waals surface area contributed by atoms with E-state index in [2.05, 4.69) is 19.5 Å². The minimum Gasteiger partial charge on any atom is -0.382 e. The molecular formula is C17H23N7O. The second-order valence-corrected chi connectivity index (χ2v) is 5.69. The van der Waals surface area contributed by atoms with Crippen molar-refractivity contribution in [3.05, 3.63) is 30.1 Å². The molecule has 0 aliphatic heterocycles. The maximum Gasteiger partial charge on any atom is 0.185 e. The number of aromatic nitrogens is 3. The number of aliphatic imine (C=N–C) groups is 1. The molecular weight excluding hydrogens is 318 g/mol. The van der Waals surface area contributed by atoms with Crippen molar-refractivity contribution in [1.29, 1.82) is 0 Å². The Kier molecular flexibility index (Phi) is 4.99. The van der Waals surface area contributed by atoms with Gasteiger partial charge in [-0.1, -0.05) is 18.2 Å². The van der Waals surface area contributed by atoms with Crippen LogP contribution in [0.1, 0.15) is 19.2 Å². The normalized spacial score (nSPS) is 11.2. The first-order valence-corrected chi connectivity index (χ1v) is 8.28. The molecule has 132 valence electrons. The SMILES string of the molecule is CCOCc1nc2c(N)nc3ccccc3c2n1CCCN=C(N)N. The molecule has 2 aromatic heterocycles. The Bertz CT molecular complexity index is 912. The number of pyridine rings is 1. The minimum atomic E-state index is 0.101. The number of guanidine groups is 1. The van der Waals surface area contributed by atoms with E-state index in [0.29, 0.717) is 37.6 Å². The van der Waals surface area contributed by atoms with Gasteiger partial charge < -0.3 is 26.5 Å². The lowest BCUT2D eigenvalue weighted by molar-refractivity contribution is 0.126. The molecule has 3 aromatic rings. The van der Waals surface area contributed by atoms with Gasteiger partial charge in [0.05, 0.1) is 11.0 Å². The van der Waals surface area contributed by atoms with Crippen LogP contribution in [0, 0.1) is 0 Å². The molecule has 1 aromatic carbocycles. The fraction of sp³-hybridized carbons (Fsp3) is 0.353. The first-order chi connectivity index (χ1) is 12.1. The van der Waals surface area contributed by atoms with Gasteiger partial charge in [0, 0.05) is 25.1 Å². The number of anilines is 1.